The second-order valence-electron chi connectivity index (χ2n) is 16.0. The maximum absolute atomic E-state index is 12.6. The molecular weight excluding hydrogens is 654 g/mol. The lowest BCUT2D eigenvalue weighted by Crippen LogP contribution is -2.50. The molecule has 0 amide bonds. The number of nitrogens with zero attached hydrogens (tertiary/aromatic N) is 1. The van der Waals surface area contributed by atoms with E-state index in [-0.39, 0.29) is 36.2 Å². The molecule has 8 nitrogen and oxygen atoms in total. The van der Waals surface area contributed by atoms with Crippen LogP contribution in [0.5, 0.6) is 0 Å². The second kappa shape index (κ2) is 36.1. The molecule has 0 radical (unpaired) electrons. The Morgan fingerprint density at radius 3 is 1.38 bits per heavy atom. The molecule has 8 heteroatoms. The molecule has 306 valence electrons. The molecule has 1 N–H and O–H groups in total. The lowest BCUT2D eigenvalue weighted by atomic mass is 10.1. The van der Waals surface area contributed by atoms with E-state index in [0.717, 1.165) is 38.5 Å². The van der Waals surface area contributed by atoms with E-state index in [1.807, 2.05) is 21.1 Å². The summed E-state index contributed by atoms with van der Waals surface area (Å²) in [7, 11) is 5.52. The van der Waals surface area contributed by atoms with Crippen LogP contribution in [0.1, 0.15) is 200 Å². The molecule has 0 heterocycles. The van der Waals surface area contributed by atoms with Crippen molar-refractivity contribution in [2.75, 3.05) is 41.0 Å². The molecule has 0 rings (SSSR count). The fraction of sp³-hybridized carbons (Fsp3) is 0.886. The number of allylic oxidation sites excluding steroid dienone is 2. The number of carboxylic acid groups (broad SMARTS) is 1. The maximum atomic E-state index is 12.6. The molecule has 0 aromatic heterocycles. The van der Waals surface area contributed by atoms with Crippen LogP contribution in [0, 0.1) is 0 Å². The summed E-state index contributed by atoms with van der Waals surface area (Å²) in [6.45, 7) is 4.72. The van der Waals surface area contributed by atoms with Crippen molar-refractivity contribution in [1.29, 1.82) is 0 Å². The van der Waals surface area contributed by atoms with E-state index in [4.69, 9.17) is 14.2 Å². The molecule has 0 saturated carbocycles. The maximum Gasteiger partial charge on any atom is 0.362 e. The van der Waals surface area contributed by atoms with Crippen LogP contribution in [-0.2, 0) is 28.6 Å². The first kappa shape index (κ1) is 50.1. The number of unbranched alkanes of at least 4 members (excludes halogenated alkanes) is 23. The molecule has 2 atom stereocenters. The van der Waals surface area contributed by atoms with Crippen LogP contribution >= 0.6 is 0 Å². The monoisotopic (exact) mass is 739 g/mol. The van der Waals surface area contributed by atoms with Crippen LogP contribution in [0.3, 0.4) is 0 Å². The molecule has 0 aliphatic carbocycles. The summed E-state index contributed by atoms with van der Waals surface area (Å²) in [4.78, 5) is 36.8. The Morgan fingerprint density at radius 1 is 0.558 bits per heavy atom. The summed E-state index contributed by atoms with van der Waals surface area (Å²) in [5, 5.41) is 9.59. The molecule has 2 unspecified atom stereocenters. The van der Waals surface area contributed by atoms with Crippen LogP contribution in [0.15, 0.2) is 12.2 Å². The molecule has 0 aliphatic rings. The molecule has 0 aliphatic heterocycles. The second-order valence-corrected chi connectivity index (χ2v) is 16.0. The van der Waals surface area contributed by atoms with E-state index >= 15 is 0 Å². The summed E-state index contributed by atoms with van der Waals surface area (Å²) < 4.78 is 17.2. The highest BCUT2D eigenvalue weighted by Gasteiger charge is 2.31. The number of ether oxygens (including phenoxy) is 3. The smallest absolute Gasteiger partial charge is 0.362 e. The van der Waals surface area contributed by atoms with Gasteiger partial charge in [0.05, 0.1) is 34.4 Å². The summed E-state index contributed by atoms with van der Waals surface area (Å²) in [5.74, 6) is -1.46. The van der Waals surface area contributed by atoms with Crippen molar-refractivity contribution in [3.63, 3.8) is 0 Å². The Bertz CT molecular complexity index is 869. The number of quaternary nitrogens is 1. The standard InChI is InChI=1S/C44H83NO7/c1-6-8-10-12-14-16-17-18-19-20-21-22-23-24-25-27-28-30-32-34-42(46)51-39-40(38-50-37-36-41(44(48)49)45(3,4)5)52-43(47)35-33-31-29-26-15-13-11-9-7-2/h20-21,40-41H,6-19,22-39H2,1-5H3/p+1/b21-20+. The topological polar surface area (TPSA) is 99.1 Å². The van der Waals surface area contributed by atoms with Crippen molar-refractivity contribution in [3.8, 4) is 0 Å². The Labute approximate surface area is 320 Å². The number of aliphatic carboxylic acids is 1. The fourth-order valence-corrected chi connectivity index (χ4v) is 6.50. The van der Waals surface area contributed by atoms with Gasteiger partial charge in [-0.15, -0.1) is 0 Å². The number of carbonyl (C=O) groups is 3. The Morgan fingerprint density at radius 2 is 0.962 bits per heavy atom. The van der Waals surface area contributed by atoms with Crippen molar-refractivity contribution >= 4 is 17.9 Å². The largest absolute Gasteiger partial charge is 0.477 e. The van der Waals surface area contributed by atoms with Gasteiger partial charge in [-0.05, 0) is 38.5 Å². The van der Waals surface area contributed by atoms with Gasteiger partial charge < -0.3 is 23.8 Å². The molecule has 0 aromatic rings. The van der Waals surface area contributed by atoms with Gasteiger partial charge >= 0.3 is 17.9 Å². The Hall–Kier alpha value is -1.93. The zero-order chi connectivity index (χ0) is 38.5. The lowest BCUT2D eigenvalue weighted by Gasteiger charge is -2.31. The fourth-order valence-electron chi connectivity index (χ4n) is 6.50. The highest BCUT2D eigenvalue weighted by molar-refractivity contribution is 5.72. The van der Waals surface area contributed by atoms with E-state index in [2.05, 4.69) is 26.0 Å². The highest BCUT2D eigenvalue weighted by Crippen LogP contribution is 2.15. The molecule has 0 bridgehead atoms. The number of carbonyl (C=O) groups excluding carboxylic acids is 2. The van der Waals surface area contributed by atoms with Gasteiger partial charge in [-0.1, -0.05) is 154 Å². The number of likely N-dealkylation sites (N-methyl/N-ethyl adjacent to an activating group) is 1. The predicted octanol–water partition coefficient (Wildman–Crippen LogP) is 11.5. The normalized spacial score (nSPS) is 13.0. The average molecular weight is 739 g/mol. The van der Waals surface area contributed by atoms with Gasteiger partial charge in [0.1, 0.15) is 6.61 Å². The molecule has 0 fully saturated rings. The number of hydrogen-bond donors (Lipinski definition) is 1. The summed E-state index contributed by atoms with van der Waals surface area (Å²) in [6.07, 6.45) is 36.9. The van der Waals surface area contributed by atoms with Crippen LogP contribution in [-0.4, -0.2) is 80.6 Å². The number of carboxylic acids is 1. The molecule has 0 saturated heterocycles. The molecule has 52 heavy (non-hydrogen) atoms. The number of rotatable bonds is 39. The van der Waals surface area contributed by atoms with E-state index in [1.54, 1.807) is 0 Å². The zero-order valence-electron chi connectivity index (χ0n) is 34.8. The summed E-state index contributed by atoms with van der Waals surface area (Å²) in [5.41, 5.74) is 0. The molecule has 0 spiro atoms. The first-order valence-corrected chi connectivity index (χ1v) is 21.7. The third-order valence-corrected chi connectivity index (χ3v) is 9.91. The van der Waals surface area contributed by atoms with Gasteiger partial charge in [0.15, 0.2) is 12.1 Å². The molecular formula is C44H84NO7+. The van der Waals surface area contributed by atoms with Crippen molar-refractivity contribution in [2.24, 2.45) is 0 Å². The van der Waals surface area contributed by atoms with Gasteiger partial charge in [0.25, 0.3) is 0 Å². The minimum atomic E-state index is -0.874. The third-order valence-electron chi connectivity index (χ3n) is 9.91. The van der Waals surface area contributed by atoms with E-state index < -0.39 is 18.1 Å². The van der Waals surface area contributed by atoms with Crippen molar-refractivity contribution in [2.45, 2.75) is 212 Å². The van der Waals surface area contributed by atoms with Crippen molar-refractivity contribution < 1.29 is 38.2 Å². The third kappa shape index (κ3) is 33.9. The van der Waals surface area contributed by atoms with Crippen LogP contribution in [0.4, 0.5) is 0 Å². The number of hydrogen-bond acceptors (Lipinski definition) is 6. The van der Waals surface area contributed by atoms with Gasteiger partial charge in [0, 0.05) is 19.3 Å². The van der Waals surface area contributed by atoms with E-state index in [9.17, 15) is 19.5 Å². The zero-order valence-corrected chi connectivity index (χ0v) is 34.8. The van der Waals surface area contributed by atoms with Gasteiger partial charge in [-0.25, -0.2) is 4.79 Å². The minimum absolute atomic E-state index is 0.0480. The molecule has 0 aromatic carbocycles. The van der Waals surface area contributed by atoms with Crippen molar-refractivity contribution in [1.82, 2.24) is 0 Å². The van der Waals surface area contributed by atoms with Crippen LogP contribution in [0.2, 0.25) is 0 Å². The summed E-state index contributed by atoms with van der Waals surface area (Å²) >= 11 is 0. The van der Waals surface area contributed by atoms with E-state index in [1.165, 1.54) is 128 Å². The van der Waals surface area contributed by atoms with Crippen molar-refractivity contribution in [3.05, 3.63) is 12.2 Å². The SMILES string of the molecule is CCCCCCCCCC/C=C/CCCCCCCCCC(=O)OCC(COCCC(C(=O)O)[N+](C)(C)C)OC(=O)CCCCCCCCCCC. The lowest BCUT2D eigenvalue weighted by molar-refractivity contribution is -0.887. The quantitative estimate of drug-likeness (QED) is 0.0290. The van der Waals surface area contributed by atoms with Crippen LogP contribution < -0.4 is 0 Å². The number of esters is 2. The van der Waals surface area contributed by atoms with E-state index in [0.29, 0.717) is 19.3 Å². The minimum Gasteiger partial charge on any atom is -0.477 e. The van der Waals surface area contributed by atoms with Gasteiger partial charge in [-0.3, -0.25) is 9.59 Å². The van der Waals surface area contributed by atoms with Gasteiger partial charge in [0.2, 0.25) is 0 Å². The average Bonchev–Trinajstić information content (AvgIpc) is 3.09. The highest BCUT2D eigenvalue weighted by atomic mass is 16.6. The summed E-state index contributed by atoms with van der Waals surface area (Å²) in [6, 6.07) is -0.609. The Balaban J connectivity index is 4.23. The first-order valence-electron chi connectivity index (χ1n) is 21.7. The predicted molar refractivity (Wildman–Crippen MR) is 215 cm³/mol. The van der Waals surface area contributed by atoms with Crippen LogP contribution in [0.25, 0.3) is 0 Å². The Kier molecular flexibility index (Phi) is 34.7. The first-order chi connectivity index (χ1) is 25.1. The van der Waals surface area contributed by atoms with Gasteiger partial charge in [-0.2, -0.15) is 0 Å².